The average molecular weight is 386 g/mol. The first kappa shape index (κ1) is 18.3. The third-order valence-electron chi connectivity index (χ3n) is 3.35. The van der Waals surface area contributed by atoms with Crippen molar-refractivity contribution in [3.05, 3.63) is 52.6 Å². The van der Waals surface area contributed by atoms with Gasteiger partial charge in [0.15, 0.2) is 11.7 Å². The van der Waals surface area contributed by atoms with Crippen molar-refractivity contribution in [2.45, 2.75) is 6.92 Å². The molecule has 0 aliphatic carbocycles. The minimum atomic E-state index is -0.535. The van der Waals surface area contributed by atoms with Gasteiger partial charge < -0.3 is 15.4 Å². The lowest BCUT2D eigenvalue weighted by molar-refractivity contribution is -0.384. The van der Waals surface area contributed by atoms with E-state index >= 15 is 0 Å². The third-order valence-corrected chi connectivity index (χ3v) is 4.29. The number of carbonyl (C=O) groups excluding carboxylic acids is 2. The van der Waals surface area contributed by atoms with E-state index in [1.807, 2.05) is 0 Å². The highest BCUT2D eigenvalue weighted by molar-refractivity contribution is 7.22. The summed E-state index contributed by atoms with van der Waals surface area (Å²) in [6, 6.07) is 10.8. The molecule has 2 amide bonds. The topological polar surface area (TPSA) is 123 Å². The van der Waals surface area contributed by atoms with Gasteiger partial charge in [0.05, 0.1) is 21.2 Å². The maximum Gasteiger partial charge on any atom is 0.273 e. The summed E-state index contributed by atoms with van der Waals surface area (Å²) < 4.78 is 6.09. The Balaban J connectivity index is 1.62. The number of hydrogen-bond acceptors (Lipinski definition) is 7. The summed E-state index contributed by atoms with van der Waals surface area (Å²) in [7, 11) is 0. The number of anilines is 2. The van der Waals surface area contributed by atoms with E-state index in [0.717, 1.165) is 4.70 Å². The quantitative estimate of drug-likeness (QED) is 0.495. The first-order valence-corrected chi connectivity index (χ1v) is 8.57. The minimum Gasteiger partial charge on any atom is -0.484 e. The van der Waals surface area contributed by atoms with Gasteiger partial charge in [0, 0.05) is 18.7 Å². The fourth-order valence-electron chi connectivity index (χ4n) is 2.24. The molecule has 0 radical (unpaired) electrons. The van der Waals surface area contributed by atoms with Gasteiger partial charge in [-0.05, 0) is 24.3 Å². The SMILES string of the molecule is CC(=O)Nc1nc2ccc(NC(=O)COc3cccc([N+](=O)[O-])c3)cc2s1. The van der Waals surface area contributed by atoms with Crippen LogP contribution in [-0.4, -0.2) is 28.3 Å². The van der Waals surface area contributed by atoms with Crippen molar-refractivity contribution in [2.24, 2.45) is 0 Å². The number of nitro groups is 1. The molecule has 1 aromatic heterocycles. The summed E-state index contributed by atoms with van der Waals surface area (Å²) in [5.41, 5.74) is 1.14. The van der Waals surface area contributed by atoms with Crippen molar-refractivity contribution in [3.63, 3.8) is 0 Å². The molecule has 2 N–H and O–H groups in total. The predicted molar refractivity (Wildman–Crippen MR) is 101 cm³/mol. The number of aromatic nitrogens is 1. The van der Waals surface area contributed by atoms with Crippen LogP contribution in [-0.2, 0) is 9.59 Å². The maximum atomic E-state index is 12.1. The van der Waals surface area contributed by atoms with Crippen molar-refractivity contribution < 1.29 is 19.2 Å². The van der Waals surface area contributed by atoms with Crippen LogP contribution in [0.5, 0.6) is 5.75 Å². The Hall–Kier alpha value is -3.53. The molecule has 9 nitrogen and oxygen atoms in total. The van der Waals surface area contributed by atoms with Crippen LogP contribution in [0, 0.1) is 10.1 Å². The largest absolute Gasteiger partial charge is 0.484 e. The van der Waals surface area contributed by atoms with Crippen molar-refractivity contribution in [3.8, 4) is 5.75 Å². The fraction of sp³-hybridized carbons (Fsp3) is 0.118. The second-order valence-electron chi connectivity index (χ2n) is 5.47. The van der Waals surface area contributed by atoms with Gasteiger partial charge in [-0.15, -0.1) is 0 Å². The standard InChI is InChI=1S/C17H14N4O5S/c1-10(22)18-17-20-14-6-5-11(7-15(14)27-17)19-16(23)9-26-13-4-2-3-12(8-13)21(24)25/h2-8H,9H2,1H3,(H,19,23)(H,18,20,22). The molecule has 27 heavy (non-hydrogen) atoms. The fourth-order valence-corrected chi connectivity index (χ4v) is 3.19. The number of nitrogens with one attached hydrogen (secondary N) is 2. The molecule has 3 rings (SSSR count). The Bertz CT molecular complexity index is 1030. The molecule has 138 valence electrons. The smallest absolute Gasteiger partial charge is 0.273 e. The molecule has 3 aromatic rings. The van der Waals surface area contributed by atoms with Crippen LogP contribution in [0.15, 0.2) is 42.5 Å². The number of thiazole rings is 1. The summed E-state index contributed by atoms with van der Waals surface area (Å²) in [4.78, 5) is 37.6. The number of amides is 2. The molecule has 0 unspecified atom stereocenters. The van der Waals surface area contributed by atoms with Crippen LogP contribution >= 0.6 is 11.3 Å². The number of carbonyl (C=O) groups is 2. The van der Waals surface area contributed by atoms with E-state index in [1.54, 1.807) is 18.2 Å². The molecule has 0 saturated carbocycles. The molecule has 0 aliphatic heterocycles. The van der Waals surface area contributed by atoms with E-state index in [4.69, 9.17) is 4.74 Å². The van der Waals surface area contributed by atoms with Crippen molar-refractivity contribution in [2.75, 3.05) is 17.2 Å². The van der Waals surface area contributed by atoms with Gasteiger partial charge in [-0.1, -0.05) is 17.4 Å². The number of nitrogens with zero attached hydrogens (tertiary/aromatic N) is 2. The molecule has 0 bridgehead atoms. The van der Waals surface area contributed by atoms with Gasteiger partial charge in [0.1, 0.15) is 5.75 Å². The van der Waals surface area contributed by atoms with Gasteiger partial charge in [0.2, 0.25) is 5.91 Å². The van der Waals surface area contributed by atoms with Crippen molar-refractivity contribution in [1.82, 2.24) is 4.98 Å². The van der Waals surface area contributed by atoms with E-state index in [9.17, 15) is 19.7 Å². The molecule has 0 atom stereocenters. The molecule has 0 aliphatic rings. The molecular weight excluding hydrogens is 372 g/mol. The number of nitro benzene ring substituents is 1. The number of hydrogen-bond donors (Lipinski definition) is 2. The molecule has 0 fully saturated rings. The lowest BCUT2D eigenvalue weighted by Gasteiger charge is -2.07. The van der Waals surface area contributed by atoms with Crippen LogP contribution in [0.2, 0.25) is 0 Å². The van der Waals surface area contributed by atoms with E-state index in [2.05, 4.69) is 15.6 Å². The van der Waals surface area contributed by atoms with Crippen LogP contribution in [0.4, 0.5) is 16.5 Å². The number of rotatable bonds is 6. The Morgan fingerprint density at radius 3 is 2.78 bits per heavy atom. The maximum absolute atomic E-state index is 12.1. The van der Waals surface area contributed by atoms with Crippen LogP contribution < -0.4 is 15.4 Å². The van der Waals surface area contributed by atoms with Crippen molar-refractivity contribution in [1.29, 1.82) is 0 Å². The predicted octanol–water partition coefficient (Wildman–Crippen LogP) is 3.18. The van der Waals surface area contributed by atoms with E-state index in [1.165, 1.54) is 42.5 Å². The zero-order chi connectivity index (χ0) is 19.4. The molecule has 10 heteroatoms. The van der Waals surface area contributed by atoms with Crippen LogP contribution in [0.25, 0.3) is 10.2 Å². The van der Waals surface area contributed by atoms with E-state index in [0.29, 0.717) is 16.3 Å². The Morgan fingerprint density at radius 2 is 2.04 bits per heavy atom. The molecular formula is C17H14N4O5S. The zero-order valence-corrected chi connectivity index (χ0v) is 14.9. The highest BCUT2D eigenvalue weighted by Crippen LogP contribution is 2.28. The number of ether oxygens (including phenoxy) is 1. The van der Waals surface area contributed by atoms with Crippen LogP contribution in [0.3, 0.4) is 0 Å². The third kappa shape index (κ3) is 4.76. The zero-order valence-electron chi connectivity index (χ0n) is 14.1. The second-order valence-corrected chi connectivity index (χ2v) is 6.50. The summed E-state index contributed by atoms with van der Waals surface area (Å²) in [6.45, 7) is 1.11. The van der Waals surface area contributed by atoms with Crippen LogP contribution in [0.1, 0.15) is 6.92 Å². The van der Waals surface area contributed by atoms with Crippen molar-refractivity contribution >= 4 is 49.9 Å². The highest BCUT2D eigenvalue weighted by Gasteiger charge is 2.10. The number of non-ortho nitro benzene ring substituents is 1. The molecule has 1 heterocycles. The Kier molecular flexibility index (Phi) is 5.27. The molecule has 0 saturated heterocycles. The van der Waals surface area contributed by atoms with Gasteiger partial charge in [-0.3, -0.25) is 19.7 Å². The lowest BCUT2D eigenvalue weighted by atomic mass is 10.3. The van der Waals surface area contributed by atoms with E-state index < -0.39 is 10.8 Å². The monoisotopic (exact) mass is 386 g/mol. The molecule has 0 spiro atoms. The van der Waals surface area contributed by atoms with E-state index in [-0.39, 0.29) is 24.0 Å². The lowest BCUT2D eigenvalue weighted by Crippen LogP contribution is -2.20. The Labute approximate surface area is 157 Å². The van der Waals surface area contributed by atoms with Gasteiger partial charge in [-0.2, -0.15) is 0 Å². The first-order valence-electron chi connectivity index (χ1n) is 7.76. The second kappa shape index (κ2) is 7.79. The summed E-state index contributed by atoms with van der Waals surface area (Å²) in [5.74, 6) is -0.384. The normalized spacial score (nSPS) is 10.4. The first-order chi connectivity index (χ1) is 12.9. The summed E-state index contributed by atoms with van der Waals surface area (Å²) in [5, 5.41) is 16.5. The highest BCUT2D eigenvalue weighted by atomic mass is 32.1. The van der Waals surface area contributed by atoms with Gasteiger partial charge >= 0.3 is 0 Å². The summed E-state index contributed by atoms with van der Waals surface area (Å²) >= 11 is 1.29. The van der Waals surface area contributed by atoms with Gasteiger partial charge in [-0.25, -0.2) is 4.98 Å². The molecule has 2 aromatic carbocycles. The Morgan fingerprint density at radius 1 is 1.22 bits per heavy atom. The van der Waals surface area contributed by atoms with Gasteiger partial charge in [0.25, 0.3) is 11.6 Å². The number of benzene rings is 2. The summed E-state index contributed by atoms with van der Waals surface area (Å²) in [6.07, 6.45) is 0. The number of fused-ring (bicyclic) bond motifs is 1. The minimum absolute atomic E-state index is 0.112. The average Bonchev–Trinajstić information content (AvgIpc) is 3.01.